The standard InChI is InChI=1S/C16H22N2O3/c1-12-9-17(10-14-6-4-3-5-7-14)11-15(8-16(20)21)18(12)13(2)19/h3-7,12,15H,8-11H2,1-2H3,(H,20,21)/t12-,15+/m0/s1. The second-order valence-corrected chi connectivity index (χ2v) is 5.71. The fraction of sp³-hybridized carbons (Fsp3) is 0.500. The first kappa shape index (κ1) is 15.5. The van der Waals surface area contributed by atoms with Crippen LogP contribution in [0.1, 0.15) is 25.8 Å². The van der Waals surface area contributed by atoms with Crippen LogP contribution >= 0.6 is 0 Å². The summed E-state index contributed by atoms with van der Waals surface area (Å²) >= 11 is 0. The van der Waals surface area contributed by atoms with Crippen LogP contribution in [-0.4, -0.2) is 52.0 Å². The molecule has 1 heterocycles. The summed E-state index contributed by atoms with van der Waals surface area (Å²) in [4.78, 5) is 26.8. The minimum Gasteiger partial charge on any atom is -0.481 e. The summed E-state index contributed by atoms with van der Waals surface area (Å²) in [5.41, 5.74) is 1.20. The number of carboxylic acid groups (broad SMARTS) is 1. The molecule has 5 nitrogen and oxygen atoms in total. The Hall–Kier alpha value is -1.88. The van der Waals surface area contributed by atoms with Crippen LogP contribution < -0.4 is 0 Å². The van der Waals surface area contributed by atoms with Gasteiger partial charge < -0.3 is 10.0 Å². The molecule has 1 N–H and O–H groups in total. The van der Waals surface area contributed by atoms with Gasteiger partial charge in [0.1, 0.15) is 0 Å². The molecule has 0 bridgehead atoms. The van der Waals surface area contributed by atoms with Crippen molar-refractivity contribution in [3.8, 4) is 0 Å². The molecule has 0 unspecified atom stereocenters. The second kappa shape index (κ2) is 6.72. The first-order valence-corrected chi connectivity index (χ1v) is 7.24. The van der Waals surface area contributed by atoms with Gasteiger partial charge in [-0.15, -0.1) is 0 Å². The zero-order valence-electron chi connectivity index (χ0n) is 12.5. The number of hydrogen-bond acceptors (Lipinski definition) is 3. The van der Waals surface area contributed by atoms with Gasteiger partial charge in [0.15, 0.2) is 0 Å². The Balaban J connectivity index is 2.09. The van der Waals surface area contributed by atoms with Gasteiger partial charge in [0.05, 0.1) is 12.5 Å². The smallest absolute Gasteiger partial charge is 0.305 e. The molecule has 114 valence electrons. The molecule has 2 rings (SSSR count). The fourth-order valence-electron chi connectivity index (χ4n) is 3.18. The highest BCUT2D eigenvalue weighted by Gasteiger charge is 2.34. The van der Waals surface area contributed by atoms with Crippen LogP contribution in [0.4, 0.5) is 0 Å². The maximum absolute atomic E-state index is 11.8. The number of benzene rings is 1. The van der Waals surface area contributed by atoms with E-state index in [4.69, 9.17) is 5.11 Å². The van der Waals surface area contributed by atoms with Gasteiger partial charge in [-0.1, -0.05) is 30.3 Å². The van der Waals surface area contributed by atoms with E-state index in [0.717, 1.165) is 13.1 Å². The van der Waals surface area contributed by atoms with Crippen molar-refractivity contribution in [2.45, 2.75) is 38.9 Å². The van der Waals surface area contributed by atoms with E-state index in [0.29, 0.717) is 6.54 Å². The first-order valence-electron chi connectivity index (χ1n) is 7.24. The number of aliphatic carboxylic acids is 1. The Morgan fingerprint density at radius 1 is 1.24 bits per heavy atom. The number of piperazine rings is 1. The van der Waals surface area contributed by atoms with E-state index in [1.165, 1.54) is 12.5 Å². The molecule has 0 saturated carbocycles. The van der Waals surface area contributed by atoms with Gasteiger partial charge in [-0.25, -0.2) is 0 Å². The monoisotopic (exact) mass is 290 g/mol. The fourth-order valence-corrected chi connectivity index (χ4v) is 3.18. The predicted octanol–water partition coefficient (Wildman–Crippen LogP) is 1.58. The van der Waals surface area contributed by atoms with Gasteiger partial charge >= 0.3 is 5.97 Å². The molecule has 1 saturated heterocycles. The van der Waals surface area contributed by atoms with Crippen LogP contribution in [0.3, 0.4) is 0 Å². The summed E-state index contributed by atoms with van der Waals surface area (Å²) in [6, 6.07) is 9.88. The Morgan fingerprint density at radius 3 is 2.48 bits per heavy atom. The molecule has 0 radical (unpaired) electrons. The molecular weight excluding hydrogens is 268 g/mol. The third-order valence-electron chi connectivity index (χ3n) is 3.88. The highest BCUT2D eigenvalue weighted by atomic mass is 16.4. The number of rotatable bonds is 4. The lowest BCUT2D eigenvalue weighted by Gasteiger charge is -2.45. The minimum atomic E-state index is -0.861. The number of amides is 1. The molecular formula is C16H22N2O3. The van der Waals surface area contributed by atoms with Crippen molar-refractivity contribution in [3.05, 3.63) is 35.9 Å². The van der Waals surface area contributed by atoms with E-state index in [-0.39, 0.29) is 24.4 Å². The highest BCUT2D eigenvalue weighted by Crippen LogP contribution is 2.20. The van der Waals surface area contributed by atoms with Gasteiger partial charge in [-0.2, -0.15) is 0 Å². The topological polar surface area (TPSA) is 60.9 Å². The lowest BCUT2D eigenvalue weighted by Crippen LogP contribution is -2.59. The summed E-state index contributed by atoms with van der Waals surface area (Å²) in [6.45, 7) is 5.65. The van der Waals surface area contributed by atoms with E-state index >= 15 is 0 Å². The van der Waals surface area contributed by atoms with E-state index in [1.54, 1.807) is 4.90 Å². The molecule has 1 aliphatic heterocycles. The van der Waals surface area contributed by atoms with Gasteiger partial charge in [0.2, 0.25) is 5.91 Å². The van der Waals surface area contributed by atoms with Gasteiger partial charge in [0, 0.05) is 32.6 Å². The number of carbonyl (C=O) groups excluding carboxylic acids is 1. The SMILES string of the molecule is CC(=O)N1[C@H](CC(=O)O)CN(Cc2ccccc2)C[C@@H]1C. The largest absolute Gasteiger partial charge is 0.481 e. The van der Waals surface area contributed by atoms with Gasteiger partial charge in [0.25, 0.3) is 0 Å². The molecule has 1 aromatic rings. The zero-order chi connectivity index (χ0) is 15.4. The van der Waals surface area contributed by atoms with Crippen LogP contribution in [0.15, 0.2) is 30.3 Å². The van der Waals surface area contributed by atoms with Crippen LogP contribution in [0.2, 0.25) is 0 Å². The van der Waals surface area contributed by atoms with Crippen molar-refractivity contribution in [3.63, 3.8) is 0 Å². The molecule has 1 aliphatic rings. The molecule has 1 amide bonds. The summed E-state index contributed by atoms with van der Waals surface area (Å²) in [6.07, 6.45) is -0.00475. The molecule has 1 aromatic carbocycles. The summed E-state index contributed by atoms with van der Waals surface area (Å²) in [7, 11) is 0. The third kappa shape index (κ3) is 4.04. The number of nitrogens with zero attached hydrogens (tertiary/aromatic N) is 2. The Kier molecular flexibility index (Phi) is 4.96. The van der Waals surface area contributed by atoms with Gasteiger partial charge in [-0.3, -0.25) is 14.5 Å². The maximum atomic E-state index is 11.8. The quantitative estimate of drug-likeness (QED) is 0.914. The van der Waals surface area contributed by atoms with Crippen molar-refractivity contribution in [2.24, 2.45) is 0 Å². The molecule has 2 atom stereocenters. The summed E-state index contributed by atoms with van der Waals surface area (Å²) in [5.74, 6) is -0.909. The Morgan fingerprint density at radius 2 is 1.90 bits per heavy atom. The van der Waals surface area contributed by atoms with E-state index in [2.05, 4.69) is 17.0 Å². The molecule has 5 heteroatoms. The number of carboxylic acids is 1. The summed E-state index contributed by atoms with van der Waals surface area (Å²) in [5, 5.41) is 9.07. The molecule has 0 aliphatic carbocycles. The van der Waals surface area contributed by atoms with Crippen molar-refractivity contribution in [1.82, 2.24) is 9.80 Å². The van der Waals surface area contributed by atoms with Crippen LogP contribution in [0.5, 0.6) is 0 Å². The molecule has 0 spiro atoms. The van der Waals surface area contributed by atoms with Crippen molar-refractivity contribution in [1.29, 1.82) is 0 Å². The van der Waals surface area contributed by atoms with Crippen molar-refractivity contribution < 1.29 is 14.7 Å². The lowest BCUT2D eigenvalue weighted by molar-refractivity contribution is -0.144. The molecule has 0 aromatic heterocycles. The minimum absolute atomic E-state index is 0.00475. The van der Waals surface area contributed by atoms with E-state index in [1.807, 2.05) is 25.1 Å². The Bertz CT molecular complexity index is 504. The maximum Gasteiger partial charge on any atom is 0.305 e. The zero-order valence-corrected chi connectivity index (χ0v) is 12.5. The second-order valence-electron chi connectivity index (χ2n) is 5.71. The molecule has 1 fully saturated rings. The Labute approximate surface area is 125 Å². The lowest BCUT2D eigenvalue weighted by atomic mass is 10.0. The van der Waals surface area contributed by atoms with Crippen LogP contribution in [0.25, 0.3) is 0 Å². The normalized spacial score (nSPS) is 23.0. The van der Waals surface area contributed by atoms with Gasteiger partial charge in [-0.05, 0) is 12.5 Å². The number of carbonyl (C=O) groups is 2. The number of hydrogen-bond donors (Lipinski definition) is 1. The summed E-state index contributed by atoms with van der Waals surface area (Å²) < 4.78 is 0. The third-order valence-corrected chi connectivity index (χ3v) is 3.88. The average Bonchev–Trinajstić information content (AvgIpc) is 2.38. The molecule has 21 heavy (non-hydrogen) atoms. The van der Waals surface area contributed by atoms with Crippen molar-refractivity contribution >= 4 is 11.9 Å². The predicted molar refractivity (Wildman–Crippen MR) is 79.7 cm³/mol. The van der Waals surface area contributed by atoms with Crippen LogP contribution in [-0.2, 0) is 16.1 Å². The van der Waals surface area contributed by atoms with E-state index < -0.39 is 5.97 Å². The van der Waals surface area contributed by atoms with Crippen LogP contribution in [0, 0.1) is 0 Å². The van der Waals surface area contributed by atoms with E-state index in [9.17, 15) is 9.59 Å². The first-order chi connectivity index (χ1) is 9.97. The van der Waals surface area contributed by atoms with Crippen molar-refractivity contribution in [2.75, 3.05) is 13.1 Å². The average molecular weight is 290 g/mol. The highest BCUT2D eigenvalue weighted by molar-refractivity contribution is 5.75.